The molecular formula is C14H20F2N6O. The Labute approximate surface area is 132 Å². The lowest BCUT2D eigenvalue weighted by molar-refractivity contribution is 0.0947. The van der Waals surface area contributed by atoms with Crippen LogP contribution in [0.25, 0.3) is 0 Å². The highest BCUT2D eigenvalue weighted by Gasteiger charge is 2.20. The number of nitrogens with one attached hydrogen (secondary N) is 1. The highest BCUT2D eigenvalue weighted by atomic mass is 19.3. The summed E-state index contributed by atoms with van der Waals surface area (Å²) < 4.78 is 27.9. The van der Waals surface area contributed by atoms with Crippen molar-refractivity contribution in [3.63, 3.8) is 0 Å². The number of halogens is 2. The van der Waals surface area contributed by atoms with Crippen molar-refractivity contribution in [2.45, 2.75) is 53.3 Å². The maximum atomic E-state index is 12.5. The van der Waals surface area contributed by atoms with Gasteiger partial charge in [-0.15, -0.1) is 5.10 Å². The zero-order chi connectivity index (χ0) is 17.1. The van der Waals surface area contributed by atoms with Crippen molar-refractivity contribution in [3.8, 4) is 0 Å². The van der Waals surface area contributed by atoms with Crippen LogP contribution in [0.3, 0.4) is 0 Å². The highest BCUT2D eigenvalue weighted by Crippen LogP contribution is 2.14. The van der Waals surface area contributed by atoms with E-state index in [-0.39, 0.29) is 18.5 Å². The maximum Gasteiger partial charge on any atom is 0.257 e. The molecule has 2 rings (SSSR count). The van der Waals surface area contributed by atoms with Crippen LogP contribution < -0.4 is 5.32 Å². The van der Waals surface area contributed by atoms with Gasteiger partial charge in [-0.1, -0.05) is 5.21 Å². The van der Waals surface area contributed by atoms with E-state index >= 15 is 0 Å². The van der Waals surface area contributed by atoms with Crippen LogP contribution in [0.5, 0.6) is 0 Å². The zero-order valence-corrected chi connectivity index (χ0v) is 13.5. The topological polar surface area (TPSA) is 77.6 Å². The predicted octanol–water partition coefficient (Wildman–Crippen LogP) is 1.87. The number of rotatable bonds is 6. The molecule has 0 aliphatic rings. The van der Waals surface area contributed by atoms with Crippen molar-refractivity contribution in [3.05, 3.63) is 28.8 Å². The molecular weight excluding hydrogens is 306 g/mol. The summed E-state index contributed by atoms with van der Waals surface area (Å²) >= 11 is 0. The SMILES string of the molecule is Cc1nn(CC(F)F)c(C)c1C(=O)NCc1cn(C(C)C)nn1. The quantitative estimate of drug-likeness (QED) is 0.879. The summed E-state index contributed by atoms with van der Waals surface area (Å²) in [5.41, 5.74) is 1.79. The molecule has 126 valence electrons. The van der Waals surface area contributed by atoms with Crippen molar-refractivity contribution in [2.24, 2.45) is 0 Å². The molecule has 0 aromatic carbocycles. The van der Waals surface area contributed by atoms with Gasteiger partial charge < -0.3 is 5.32 Å². The largest absolute Gasteiger partial charge is 0.346 e. The molecule has 0 radical (unpaired) electrons. The zero-order valence-electron chi connectivity index (χ0n) is 13.5. The Kier molecular flexibility index (Phi) is 5.07. The van der Waals surface area contributed by atoms with Crippen molar-refractivity contribution in [1.29, 1.82) is 0 Å². The summed E-state index contributed by atoms with van der Waals surface area (Å²) in [7, 11) is 0. The lowest BCUT2D eigenvalue weighted by atomic mass is 10.2. The van der Waals surface area contributed by atoms with Crippen LogP contribution >= 0.6 is 0 Å². The van der Waals surface area contributed by atoms with Crippen molar-refractivity contribution < 1.29 is 13.6 Å². The molecule has 0 unspecified atom stereocenters. The first kappa shape index (κ1) is 17.0. The molecule has 7 nitrogen and oxygen atoms in total. The van der Waals surface area contributed by atoms with Crippen molar-refractivity contribution in [1.82, 2.24) is 30.1 Å². The summed E-state index contributed by atoms with van der Waals surface area (Å²) in [6, 6.07) is 0.184. The van der Waals surface area contributed by atoms with Crippen LogP contribution in [0.1, 0.15) is 47.3 Å². The first-order valence-electron chi connectivity index (χ1n) is 7.30. The number of hydrogen-bond donors (Lipinski definition) is 1. The Morgan fingerprint density at radius 3 is 2.61 bits per heavy atom. The number of alkyl halides is 2. The Bertz CT molecular complexity index is 691. The van der Waals surface area contributed by atoms with E-state index in [2.05, 4.69) is 20.7 Å². The molecule has 9 heteroatoms. The monoisotopic (exact) mass is 326 g/mol. The average Bonchev–Trinajstić information content (AvgIpc) is 3.02. The van der Waals surface area contributed by atoms with Crippen LogP contribution in [-0.4, -0.2) is 37.1 Å². The molecule has 0 saturated heterocycles. The molecule has 0 aliphatic carbocycles. The predicted molar refractivity (Wildman–Crippen MR) is 79.3 cm³/mol. The molecule has 2 heterocycles. The summed E-state index contributed by atoms with van der Waals surface area (Å²) in [6.45, 7) is 6.86. The van der Waals surface area contributed by atoms with Gasteiger partial charge in [0.15, 0.2) is 0 Å². The fourth-order valence-corrected chi connectivity index (χ4v) is 2.24. The number of aromatic nitrogens is 5. The molecule has 2 aromatic heterocycles. The Balaban J connectivity index is 2.07. The number of nitrogens with zero attached hydrogens (tertiary/aromatic N) is 5. The Morgan fingerprint density at radius 2 is 2.04 bits per heavy atom. The third-order valence-corrected chi connectivity index (χ3v) is 3.44. The summed E-state index contributed by atoms with van der Waals surface area (Å²) in [6.07, 6.45) is -0.764. The van der Waals surface area contributed by atoms with Gasteiger partial charge in [-0.2, -0.15) is 5.10 Å². The number of carbonyl (C=O) groups excluding carboxylic acids is 1. The summed E-state index contributed by atoms with van der Waals surface area (Å²) in [4.78, 5) is 12.3. The van der Waals surface area contributed by atoms with E-state index in [9.17, 15) is 13.6 Å². The molecule has 23 heavy (non-hydrogen) atoms. The molecule has 0 fully saturated rings. The highest BCUT2D eigenvalue weighted by molar-refractivity contribution is 5.96. The number of amides is 1. The van der Waals surface area contributed by atoms with E-state index < -0.39 is 13.0 Å². The number of hydrogen-bond acceptors (Lipinski definition) is 4. The second-order valence-corrected chi connectivity index (χ2v) is 5.59. The van der Waals surface area contributed by atoms with E-state index in [1.807, 2.05) is 13.8 Å². The van der Waals surface area contributed by atoms with Crippen molar-refractivity contribution >= 4 is 5.91 Å². The van der Waals surface area contributed by atoms with E-state index in [1.54, 1.807) is 24.7 Å². The summed E-state index contributed by atoms with van der Waals surface area (Å²) in [5.74, 6) is -0.361. The Hall–Kier alpha value is -2.32. The van der Waals surface area contributed by atoms with Gasteiger partial charge in [-0.25, -0.2) is 13.5 Å². The molecule has 0 saturated carbocycles. The first-order valence-corrected chi connectivity index (χ1v) is 7.30. The minimum Gasteiger partial charge on any atom is -0.346 e. The van der Waals surface area contributed by atoms with Gasteiger partial charge >= 0.3 is 0 Å². The van der Waals surface area contributed by atoms with Crippen LogP contribution in [-0.2, 0) is 13.1 Å². The van der Waals surface area contributed by atoms with Gasteiger partial charge in [0.05, 0.1) is 24.0 Å². The second-order valence-electron chi connectivity index (χ2n) is 5.59. The van der Waals surface area contributed by atoms with Crippen LogP contribution in [0.4, 0.5) is 8.78 Å². The third-order valence-electron chi connectivity index (χ3n) is 3.44. The van der Waals surface area contributed by atoms with Crippen LogP contribution in [0.15, 0.2) is 6.20 Å². The van der Waals surface area contributed by atoms with Gasteiger partial charge in [0, 0.05) is 11.7 Å². The normalized spacial score (nSPS) is 11.5. The minimum absolute atomic E-state index is 0.184. The first-order chi connectivity index (χ1) is 10.8. The van der Waals surface area contributed by atoms with E-state index in [0.717, 1.165) is 4.68 Å². The third kappa shape index (κ3) is 3.91. The van der Waals surface area contributed by atoms with E-state index in [0.29, 0.717) is 22.6 Å². The molecule has 0 aliphatic heterocycles. The van der Waals surface area contributed by atoms with Gasteiger partial charge in [0.1, 0.15) is 12.2 Å². The molecule has 0 bridgehead atoms. The molecule has 1 amide bonds. The van der Waals surface area contributed by atoms with E-state index in [4.69, 9.17) is 0 Å². The fraction of sp³-hybridized carbons (Fsp3) is 0.571. The fourth-order valence-electron chi connectivity index (χ4n) is 2.24. The standard InChI is InChI=1S/C14H20F2N6O/c1-8(2)21-6-11(18-20-21)5-17-14(23)13-9(3)19-22(10(13)4)7-12(15)16/h6,8,12H,5,7H2,1-4H3,(H,17,23). The molecule has 2 aromatic rings. The maximum absolute atomic E-state index is 12.5. The number of carbonyl (C=O) groups is 1. The minimum atomic E-state index is -2.52. The molecule has 1 N–H and O–H groups in total. The van der Waals surface area contributed by atoms with Crippen LogP contribution in [0, 0.1) is 13.8 Å². The smallest absolute Gasteiger partial charge is 0.257 e. The van der Waals surface area contributed by atoms with Crippen molar-refractivity contribution in [2.75, 3.05) is 0 Å². The summed E-state index contributed by atoms with van der Waals surface area (Å²) in [5, 5.41) is 14.6. The van der Waals surface area contributed by atoms with Crippen LogP contribution in [0.2, 0.25) is 0 Å². The van der Waals surface area contributed by atoms with Gasteiger partial charge in [-0.05, 0) is 27.7 Å². The Morgan fingerprint density at radius 1 is 1.35 bits per heavy atom. The lowest BCUT2D eigenvalue weighted by Crippen LogP contribution is -2.24. The average molecular weight is 326 g/mol. The van der Waals surface area contributed by atoms with E-state index in [1.165, 1.54) is 0 Å². The van der Waals surface area contributed by atoms with Gasteiger partial charge in [0.2, 0.25) is 0 Å². The molecule has 0 spiro atoms. The number of aryl methyl sites for hydroxylation is 1. The van der Waals surface area contributed by atoms with Gasteiger partial charge in [0.25, 0.3) is 12.3 Å². The molecule has 0 atom stereocenters. The lowest BCUT2D eigenvalue weighted by Gasteiger charge is -2.05. The second kappa shape index (κ2) is 6.84. The van der Waals surface area contributed by atoms with Gasteiger partial charge in [-0.3, -0.25) is 9.48 Å².